The molecule has 1 amide bonds. The Bertz CT molecular complexity index is 755. The molecule has 1 N–H and O–H groups in total. The van der Waals surface area contributed by atoms with Crippen molar-refractivity contribution in [3.8, 4) is 0 Å². The molecule has 1 aliphatic rings. The van der Waals surface area contributed by atoms with Crippen LogP contribution < -0.4 is 0 Å². The summed E-state index contributed by atoms with van der Waals surface area (Å²) >= 11 is 1.35. The first-order chi connectivity index (χ1) is 11.5. The number of carbonyl (C=O) groups excluding carboxylic acids is 1. The lowest BCUT2D eigenvalue weighted by Gasteiger charge is -2.25. The number of aliphatic carboxylic acids is 1. The van der Waals surface area contributed by atoms with Crippen LogP contribution in [-0.2, 0) is 11.2 Å². The number of carboxylic acids is 1. The van der Waals surface area contributed by atoms with Crippen molar-refractivity contribution in [1.82, 2.24) is 9.88 Å². The number of nitrogens with zero attached hydrogens (tertiary/aromatic N) is 2. The molecule has 1 heterocycles. The number of hydrogen-bond acceptors (Lipinski definition) is 4. The van der Waals surface area contributed by atoms with Crippen molar-refractivity contribution in [2.24, 2.45) is 0 Å². The van der Waals surface area contributed by atoms with Gasteiger partial charge in [-0.15, -0.1) is 11.3 Å². The fraction of sp³-hybridized carbons (Fsp3) is 0.353. The summed E-state index contributed by atoms with van der Waals surface area (Å²) in [6, 6.07) is 5.26. The number of carboxylic acid groups (broad SMARTS) is 1. The number of rotatable bonds is 6. The van der Waals surface area contributed by atoms with E-state index in [1.54, 1.807) is 17.5 Å². The molecule has 1 aliphatic carbocycles. The second kappa shape index (κ2) is 6.68. The van der Waals surface area contributed by atoms with Gasteiger partial charge in [0.1, 0.15) is 17.6 Å². The van der Waals surface area contributed by atoms with E-state index >= 15 is 0 Å². The van der Waals surface area contributed by atoms with Gasteiger partial charge in [-0.1, -0.05) is 12.1 Å². The zero-order chi connectivity index (χ0) is 17.3. The van der Waals surface area contributed by atoms with E-state index in [-0.39, 0.29) is 23.5 Å². The molecule has 5 nitrogen and oxygen atoms in total. The number of carbonyl (C=O) groups is 2. The molecule has 1 saturated carbocycles. The van der Waals surface area contributed by atoms with E-state index in [2.05, 4.69) is 4.98 Å². The van der Waals surface area contributed by atoms with E-state index in [0.717, 1.165) is 23.4 Å². The maximum absolute atomic E-state index is 12.9. The highest BCUT2D eigenvalue weighted by molar-refractivity contribution is 7.09. The first kappa shape index (κ1) is 16.6. The third-order valence-electron chi connectivity index (χ3n) is 3.99. The molecule has 3 rings (SSSR count). The molecule has 2 aromatic rings. The Labute approximate surface area is 142 Å². The quantitative estimate of drug-likeness (QED) is 0.871. The number of amides is 1. The van der Waals surface area contributed by atoms with Gasteiger partial charge in [0.05, 0.1) is 5.01 Å². The first-order valence-corrected chi connectivity index (χ1v) is 8.58. The lowest BCUT2D eigenvalue weighted by Crippen LogP contribution is -2.44. The van der Waals surface area contributed by atoms with Crippen molar-refractivity contribution in [3.63, 3.8) is 0 Å². The molecular formula is C17H17FN2O3S. The maximum atomic E-state index is 12.9. The second-order valence-electron chi connectivity index (χ2n) is 5.89. The van der Waals surface area contributed by atoms with Gasteiger partial charge in [-0.3, -0.25) is 4.79 Å². The predicted molar refractivity (Wildman–Crippen MR) is 87.6 cm³/mol. The van der Waals surface area contributed by atoms with Crippen molar-refractivity contribution in [3.05, 3.63) is 51.7 Å². The standard InChI is InChI=1S/C17H17FN2O3S/c1-10(17(22)23)20(13-6-7-13)16(21)14-9-24-15(19-14)8-11-2-4-12(18)5-3-11/h2-5,9-10,13H,6-8H2,1H3,(H,22,23). The van der Waals surface area contributed by atoms with Gasteiger partial charge in [0.2, 0.25) is 0 Å². The van der Waals surface area contributed by atoms with Gasteiger partial charge < -0.3 is 10.0 Å². The topological polar surface area (TPSA) is 70.5 Å². The first-order valence-electron chi connectivity index (χ1n) is 7.70. The van der Waals surface area contributed by atoms with Gasteiger partial charge in [-0.2, -0.15) is 0 Å². The Morgan fingerprint density at radius 2 is 2.04 bits per heavy atom. The molecular weight excluding hydrogens is 331 g/mol. The molecule has 1 aromatic carbocycles. The molecule has 1 unspecified atom stereocenters. The fourth-order valence-corrected chi connectivity index (χ4v) is 3.33. The van der Waals surface area contributed by atoms with E-state index < -0.39 is 12.0 Å². The Hall–Kier alpha value is -2.28. The number of benzene rings is 1. The molecule has 126 valence electrons. The Balaban J connectivity index is 1.75. The number of halogens is 1. The molecule has 0 saturated heterocycles. The minimum atomic E-state index is -1.02. The summed E-state index contributed by atoms with van der Waals surface area (Å²) in [6.45, 7) is 1.52. The summed E-state index contributed by atoms with van der Waals surface area (Å²) in [7, 11) is 0. The van der Waals surface area contributed by atoms with E-state index in [9.17, 15) is 19.1 Å². The van der Waals surface area contributed by atoms with Crippen molar-refractivity contribution < 1.29 is 19.1 Å². The van der Waals surface area contributed by atoms with Crippen molar-refractivity contribution in [2.45, 2.75) is 38.3 Å². The van der Waals surface area contributed by atoms with Crippen LogP contribution in [0.3, 0.4) is 0 Å². The van der Waals surface area contributed by atoms with Crippen LogP contribution in [0, 0.1) is 5.82 Å². The van der Waals surface area contributed by atoms with Crippen LogP contribution in [0.2, 0.25) is 0 Å². The summed E-state index contributed by atoms with van der Waals surface area (Å²) < 4.78 is 12.9. The average molecular weight is 348 g/mol. The molecule has 24 heavy (non-hydrogen) atoms. The Morgan fingerprint density at radius 1 is 1.38 bits per heavy atom. The van der Waals surface area contributed by atoms with Gasteiger partial charge in [0.15, 0.2) is 0 Å². The van der Waals surface area contributed by atoms with Gasteiger partial charge in [0.25, 0.3) is 5.91 Å². The molecule has 1 fully saturated rings. The molecule has 7 heteroatoms. The number of aromatic nitrogens is 1. The van der Waals surface area contributed by atoms with Gasteiger partial charge in [0, 0.05) is 17.8 Å². The third kappa shape index (κ3) is 3.62. The molecule has 1 aromatic heterocycles. The van der Waals surface area contributed by atoms with Gasteiger partial charge >= 0.3 is 5.97 Å². The molecule has 0 radical (unpaired) electrons. The van der Waals surface area contributed by atoms with Crippen LogP contribution in [0.1, 0.15) is 40.8 Å². The lowest BCUT2D eigenvalue weighted by atomic mass is 10.1. The minimum Gasteiger partial charge on any atom is -0.480 e. The Morgan fingerprint density at radius 3 is 2.62 bits per heavy atom. The van der Waals surface area contributed by atoms with E-state index in [4.69, 9.17) is 0 Å². The maximum Gasteiger partial charge on any atom is 0.326 e. The van der Waals surface area contributed by atoms with Crippen LogP contribution >= 0.6 is 11.3 Å². The molecule has 1 atom stereocenters. The van der Waals surface area contributed by atoms with Crippen molar-refractivity contribution in [1.29, 1.82) is 0 Å². The molecule has 0 bridgehead atoms. The zero-order valence-corrected chi connectivity index (χ0v) is 13.9. The van der Waals surface area contributed by atoms with E-state index in [1.807, 2.05) is 0 Å². The summed E-state index contributed by atoms with van der Waals surface area (Å²) in [5.41, 5.74) is 1.18. The largest absolute Gasteiger partial charge is 0.480 e. The van der Waals surface area contributed by atoms with E-state index in [0.29, 0.717) is 6.42 Å². The van der Waals surface area contributed by atoms with Crippen LogP contribution in [-0.4, -0.2) is 39.0 Å². The highest BCUT2D eigenvalue weighted by Crippen LogP contribution is 2.30. The van der Waals surface area contributed by atoms with Crippen LogP contribution in [0.5, 0.6) is 0 Å². The number of hydrogen-bond donors (Lipinski definition) is 1. The second-order valence-corrected chi connectivity index (χ2v) is 6.83. The average Bonchev–Trinajstić information content (AvgIpc) is 3.27. The predicted octanol–water partition coefficient (Wildman–Crippen LogP) is 2.95. The SMILES string of the molecule is CC(C(=O)O)N(C(=O)c1csc(Cc2ccc(F)cc2)n1)C1CC1. The zero-order valence-electron chi connectivity index (χ0n) is 13.1. The summed E-state index contributed by atoms with van der Waals surface area (Å²) in [5, 5.41) is 11.6. The number of thiazole rings is 1. The molecule has 0 aliphatic heterocycles. The third-order valence-corrected chi connectivity index (χ3v) is 4.84. The van der Waals surface area contributed by atoms with Gasteiger partial charge in [-0.25, -0.2) is 14.2 Å². The van der Waals surface area contributed by atoms with Crippen molar-refractivity contribution >= 4 is 23.2 Å². The highest BCUT2D eigenvalue weighted by atomic mass is 32.1. The smallest absolute Gasteiger partial charge is 0.326 e. The molecule has 0 spiro atoms. The monoisotopic (exact) mass is 348 g/mol. The summed E-state index contributed by atoms with van der Waals surface area (Å²) in [6.07, 6.45) is 2.17. The van der Waals surface area contributed by atoms with E-state index in [1.165, 1.54) is 35.3 Å². The van der Waals surface area contributed by atoms with Crippen LogP contribution in [0.4, 0.5) is 4.39 Å². The minimum absolute atomic E-state index is 0.00847. The van der Waals surface area contributed by atoms with Gasteiger partial charge in [-0.05, 0) is 37.5 Å². The van der Waals surface area contributed by atoms with Crippen LogP contribution in [0.15, 0.2) is 29.6 Å². The lowest BCUT2D eigenvalue weighted by molar-refractivity contribution is -0.141. The Kier molecular flexibility index (Phi) is 4.62. The van der Waals surface area contributed by atoms with Crippen molar-refractivity contribution in [2.75, 3.05) is 0 Å². The summed E-state index contributed by atoms with van der Waals surface area (Å²) in [4.78, 5) is 29.6. The fourth-order valence-electron chi connectivity index (χ4n) is 2.53. The van der Waals surface area contributed by atoms with Crippen LogP contribution in [0.25, 0.3) is 0 Å². The normalized spacial score (nSPS) is 15.1. The highest BCUT2D eigenvalue weighted by Gasteiger charge is 2.39. The summed E-state index contributed by atoms with van der Waals surface area (Å²) in [5.74, 6) is -1.65.